The van der Waals surface area contributed by atoms with Gasteiger partial charge in [0.2, 0.25) is 5.91 Å². The van der Waals surface area contributed by atoms with Crippen molar-refractivity contribution in [2.24, 2.45) is 0 Å². The molecule has 1 aliphatic heterocycles. The van der Waals surface area contributed by atoms with E-state index in [4.69, 9.17) is 0 Å². The van der Waals surface area contributed by atoms with Crippen molar-refractivity contribution in [2.45, 2.75) is 31.3 Å². The molecular formula is C21H26N2O2. The zero-order valence-electron chi connectivity index (χ0n) is 14.7. The van der Waals surface area contributed by atoms with E-state index in [1.54, 1.807) is 0 Å². The van der Waals surface area contributed by atoms with Crippen molar-refractivity contribution in [3.63, 3.8) is 0 Å². The highest BCUT2D eigenvalue weighted by atomic mass is 16.3. The third kappa shape index (κ3) is 3.75. The van der Waals surface area contributed by atoms with Crippen LogP contribution in [0, 0.1) is 6.92 Å². The van der Waals surface area contributed by atoms with Crippen LogP contribution in [-0.4, -0.2) is 30.6 Å². The minimum atomic E-state index is -0.695. The maximum absolute atomic E-state index is 13.1. The van der Waals surface area contributed by atoms with Crippen molar-refractivity contribution in [3.8, 4) is 0 Å². The lowest BCUT2D eigenvalue weighted by Crippen LogP contribution is -2.51. The summed E-state index contributed by atoms with van der Waals surface area (Å²) in [6, 6.07) is 17.7. The number of hydrogen-bond donors (Lipinski definition) is 3. The van der Waals surface area contributed by atoms with Gasteiger partial charge in [-0.05, 0) is 49.5 Å². The van der Waals surface area contributed by atoms with Gasteiger partial charge in [0, 0.05) is 6.54 Å². The fourth-order valence-electron chi connectivity index (χ4n) is 3.69. The molecule has 132 valence electrons. The van der Waals surface area contributed by atoms with Crippen LogP contribution in [0.3, 0.4) is 0 Å². The van der Waals surface area contributed by atoms with Gasteiger partial charge in [-0.25, -0.2) is 0 Å². The van der Waals surface area contributed by atoms with Crippen molar-refractivity contribution in [1.82, 2.24) is 10.6 Å². The predicted molar refractivity (Wildman–Crippen MR) is 99.4 cm³/mol. The second kappa shape index (κ2) is 7.81. The first kappa shape index (κ1) is 17.6. The molecule has 0 aliphatic carbocycles. The van der Waals surface area contributed by atoms with Crippen molar-refractivity contribution >= 4 is 5.91 Å². The van der Waals surface area contributed by atoms with Gasteiger partial charge in [0.15, 0.2) is 0 Å². The van der Waals surface area contributed by atoms with Crippen LogP contribution in [0.4, 0.5) is 0 Å². The van der Waals surface area contributed by atoms with E-state index in [-0.39, 0.29) is 12.5 Å². The van der Waals surface area contributed by atoms with Crippen LogP contribution >= 0.6 is 0 Å². The summed E-state index contributed by atoms with van der Waals surface area (Å²) in [5.41, 5.74) is 2.43. The number of hydrogen-bond acceptors (Lipinski definition) is 3. The van der Waals surface area contributed by atoms with Gasteiger partial charge in [-0.15, -0.1) is 0 Å². The minimum absolute atomic E-state index is 0.00725. The Hall–Kier alpha value is -2.17. The molecule has 1 fully saturated rings. The first-order chi connectivity index (χ1) is 12.1. The Balaban J connectivity index is 1.74. The van der Waals surface area contributed by atoms with Gasteiger partial charge in [0.1, 0.15) is 0 Å². The number of aliphatic hydroxyl groups excluding tert-OH is 1. The smallest absolute Gasteiger partial charge is 0.230 e. The van der Waals surface area contributed by atoms with Crippen molar-refractivity contribution in [3.05, 3.63) is 71.3 Å². The summed E-state index contributed by atoms with van der Waals surface area (Å²) in [7, 11) is 0. The molecule has 0 aromatic heterocycles. The molecule has 4 nitrogen and oxygen atoms in total. The second-order valence-electron chi connectivity index (χ2n) is 6.78. The van der Waals surface area contributed by atoms with Crippen LogP contribution in [-0.2, 0) is 10.2 Å². The number of carbonyl (C=O) groups is 1. The average molecular weight is 338 g/mol. The largest absolute Gasteiger partial charge is 0.387 e. The Morgan fingerprint density at radius 2 is 1.76 bits per heavy atom. The van der Waals surface area contributed by atoms with Gasteiger partial charge in [-0.1, -0.05) is 54.6 Å². The van der Waals surface area contributed by atoms with Crippen LogP contribution in [0.25, 0.3) is 0 Å². The highest BCUT2D eigenvalue weighted by Gasteiger charge is 2.41. The van der Waals surface area contributed by atoms with E-state index in [0.717, 1.165) is 42.6 Å². The number of aliphatic hydroxyl groups is 1. The number of rotatable bonds is 5. The maximum Gasteiger partial charge on any atom is 0.230 e. The number of carbonyl (C=O) groups excluding carboxylic acids is 1. The number of nitrogens with one attached hydrogen (secondary N) is 2. The summed E-state index contributed by atoms with van der Waals surface area (Å²) in [4.78, 5) is 13.1. The van der Waals surface area contributed by atoms with Crippen LogP contribution in [0.2, 0.25) is 0 Å². The van der Waals surface area contributed by atoms with E-state index in [2.05, 4.69) is 10.6 Å². The van der Waals surface area contributed by atoms with Gasteiger partial charge in [-0.2, -0.15) is 0 Å². The minimum Gasteiger partial charge on any atom is -0.387 e. The standard InChI is InChI=1S/C21H26N2O2/c1-16-7-5-6-10-18(16)19(24)15-23-20(25)21(11-13-22-14-12-21)17-8-3-2-4-9-17/h2-10,19,22,24H,11-15H2,1H3,(H,23,25)/t19-/m0/s1. The first-order valence-corrected chi connectivity index (χ1v) is 8.92. The fourth-order valence-corrected chi connectivity index (χ4v) is 3.69. The molecule has 3 rings (SSSR count). The number of piperidine rings is 1. The Kier molecular flexibility index (Phi) is 5.51. The molecule has 0 saturated carbocycles. The van der Waals surface area contributed by atoms with Crippen LogP contribution in [0.5, 0.6) is 0 Å². The van der Waals surface area contributed by atoms with E-state index in [1.807, 2.05) is 61.5 Å². The number of amides is 1. The van der Waals surface area contributed by atoms with Gasteiger partial charge in [0.25, 0.3) is 0 Å². The van der Waals surface area contributed by atoms with E-state index in [0.29, 0.717) is 0 Å². The molecule has 1 atom stereocenters. The molecule has 0 radical (unpaired) electrons. The zero-order valence-corrected chi connectivity index (χ0v) is 14.7. The Labute approximate surface area is 149 Å². The lowest BCUT2D eigenvalue weighted by Gasteiger charge is -2.37. The molecular weight excluding hydrogens is 312 g/mol. The molecule has 1 amide bonds. The summed E-state index contributed by atoms with van der Waals surface area (Å²) in [6.45, 7) is 3.84. The highest BCUT2D eigenvalue weighted by Crippen LogP contribution is 2.34. The van der Waals surface area contributed by atoms with Crippen molar-refractivity contribution in [2.75, 3.05) is 19.6 Å². The van der Waals surface area contributed by atoms with E-state index >= 15 is 0 Å². The zero-order chi connectivity index (χ0) is 17.7. The summed E-state index contributed by atoms with van der Waals surface area (Å²) in [5, 5.41) is 16.8. The van der Waals surface area contributed by atoms with Crippen LogP contribution in [0.1, 0.15) is 35.6 Å². The maximum atomic E-state index is 13.1. The lowest BCUT2D eigenvalue weighted by molar-refractivity contribution is -0.128. The van der Waals surface area contributed by atoms with E-state index in [9.17, 15) is 9.90 Å². The second-order valence-corrected chi connectivity index (χ2v) is 6.78. The van der Waals surface area contributed by atoms with Gasteiger partial charge < -0.3 is 15.7 Å². The molecule has 2 aromatic rings. The number of benzene rings is 2. The molecule has 3 N–H and O–H groups in total. The molecule has 25 heavy (non-hydrogen) atoms. The lowest BCUT2D eigenvalue weighted by atomic mass is 9.72. The first-order valence-electron chi connectivity index (χ1n) is 8.92. The molecule has 1 heterocycles. The Bertz CT molecular complexity index is 709. The molecule has 0 spiro atoms. The summed E-state index contributed by atoms with van der Waals surface area (Å²) >= 11 is 0. The molecule has 2 aromatic carbocycles. The average Bonchev–Trinajstić information content (AvgIpc) is 2.67. The fraction of sp³-hybridized carbons (Fsp3) is 0.381. The molecule has 0 bridgehead atoms. The monoisotopic (exact) mass is 338 g/mol. The van der Waals surface area contributed by atoms with Crippen molar-refractivity contribution < 1.29 is 9.90 Å². The summed E-state index contributed by atoms with van der Waals surface area (Å²) < 4.78 is 0. The predicted octanol–water partition coefficient (Wildman–Crippen LogP) is 2.47. The third-order valence-electron chi connectivity index (χ3n) is 5.22. The molecule has 0 unspecified atom stereocenters. The molecule has 1 aliphatic rings. The summed E-state index contributed by atoms with van der Waals surface area (Å²) in [5.74, 6) is 0.00725. The van der Waals surface area contributed by atoms with Gasteiger partial charge in [-0.3, -0.25) is 4.79 Å². The SMILES string of the molecule is Cc1ccccc1[C@@H](O)CNC(=O)C1(c2ccccc2)CCNCC1. The quantitative estimate of drug-likeness (QED) is 0.785. The molecule has 1 saturated heterocycles. The van der Waals surface area contributed by atoms with Crippen LogP contribution < -0.4 is 10.6 Å². The summed E-state index contributed by atoms with van der Waals surface area (Å²) in [6.07, 6.45) is 0.840. The Morgan fingerprint density at radius 3 is 2.44 bits per heavy atom. The van der Waals surface area contributed by atoms with Gasteiger partial charge >= 0.3 is 0 Å². The van der Waals surface area contributed by atoms with E-state index < -0.39 is 11.5 Å². The van der Waals surface area contributed by atoms with Gasteiger partial charge in [0.05, 0.1) is 11.5 Å². The third-order valence-corrected chi connectivity index (χ3v) is 5.22. The molecule has 4 heteroatoms. The Morgan fingerprint density at radius 1 is 1.12 bits per heavy atom. The topological polar surface area (TPSA) is 61.4 Å². The normalized spacial score (nSPS) is 17.7. The number of aryl methyl sites for hydroxylation is 1. The van der Waals surface area contributed by atoms with E-state index in [1.165, 1.54) is 0 Å². The van der Waals surface area contributed by atoms with Crippen molar-refractivity contribution in [1.29, 1.82) is 0 Å². The van der Waals surface area contributed by atoms with Crippen LogP contribution in [0.15, 0.2) is 54.6 Å². The highest BCUT2D eigenvalue weighted by molar-refractivity contribution is 5.88.